The SMILES string of the molecule is CC(C)(C)N1c2ncccc2CC1O. The van der Waals surface area contributed by atoms with E-state index in [1.165, 1.54) is 0 Å². The number of aliphatic hydroxyl groups excluding tert-OH is 1. The Balaban J connectivity index is 2.45. The van der Waals surface area contributed by atoms with E-state index in [9.17, 15) is 5.11 Å². The first kappa shape index (κ1) is 9.46. The Labute approximate surface area is 84.4 Å². The van der Waals surface area contributed by atoms with Crippen LogP contribution in [0.2, 0.25) is 0 Å². The zero-order valence-corrected chi connectivity index (χ0v) is 8.86. The van der Waals surface area contributed by atoms with Crippen molar-refractivity contribution in [2.45, 2.75) is 39.0 Å². The Morgan fingerprint density at radius 2 is 2.21 bits per heavy atom. The van der Waals surface area contributed by atoms with Gasteiger partial charge in [-0.2, -0.15) is 0 Å². The Bertz CT molecular complexity index is 343. The summed E-state index contributed by atoms with van der Waals surface area (Å²) in [6, 6.07) is 3.94. The molecule has 1 N–H and O–H groups in total. The minimum Gasteiger partial charge on any atom is -0.373 e. The summed E-state index contributed by atoms with van der Waals surface area (Å²) >= 11 is 0. The second kappa shape index (κ2) is 2.95. The number of fused-ring (bicyclic) bond motifs is 1. The van der Waals surface area contributed by atoms with Gasteiger partial charge in [0, 0.05) is 18.2 Å². The standard InChI is InChI=1S/C11H16N2O/c1-11(2,3)13-9(14)7-8-5-4-6-12-10(8)13/h4-6,9,14H,7H2,1-3H3. The van der Waals surface area contributed by atoms with Gasteiger partial charge in [0.1, 0.15) is 12.0 Å². The molecule has 76 valence electrons. The fourth-order valence-corrected chi connectivity index (χ4v) is 2.00. The zero-order valence-electron chi connectivity index (χ0n) is 8.86. The Hall–Kier alpha value is -1.09. The van der Waals surface area contributed by atoms with Gasteiger partial charge >= 0.3 is 0 Å². The Morgan fingerprint density at radius 3 is 2.86 bits per heavy atom. The lowest BCUT2D eigenvalue weighted by molar-refractivity contribution is 0.156. The summed E-state index contributed by atoms with van der Waals surface area (Å²) in [7, 11) is 0. The fraction of sp³-hybridized carbons (Fsp3) is 0.545. The number of hydrogen-bond acceptors (Lipinski definition) is 3. The highest BCUT2D eigenvalue weighted by Gasteiger charge is 2.35. The van der Waals surface area contributed by atoms with Crippen LogP contribution in [0.15, 0.2) is 18.3 Å². The van der Waals surface area contributed by atoms with Gasteiger partial charge in [-0.25, -0.2) is 4.98 Å². The summed E-state index contributed by atoms with van der Waals surface area (Å²) < 4.78 is 0. The first-order chi connectivity index (χ1) is 6.50. The van der Waals surface area contributed by atoms with Crippen molar-refractivity contribution < 1.29 is 5.11 Å². The lowest BCUT2D eigenvalue weighted by atomic mass is 10.1. The van der Waals surface area contributed by atoms with Crippen molar-refractivity contribution in [2.24, 2.45) is 0 Å². The molecule has 0 fully saturated rings. The molecular formula is C11H16N2O. The van der Waals surface area contributed by atoms with Gasteiger partial charge in [0.05, 0.1) is 0 Å². The van der Waals surface area contributed by atoms with Crippen LogP contribution in [0.25, 0.3) is 0 Å². The van der Waals surface area contributed by atoms with Crippen molar-refractivity contribution in [3.05, 3.63) is 23.9 Å². The first-order valence-electron chi connectivity index (χ1n) is 4.91. The maximum atomic E-state index is 9.93. The zero-order chi connectivity index (χ0) is 10.3. The van der Waals surface area contributed by atoms with Gasteiger partial charge in [-0.1, -0.05) is 6.07 Å². The number of nitrogens with zero attached hydrogens (tertiary/aromatic N) is 2. The van der Waals surface area contributed by atoms with Crippen LogP contribution in [0.5, 0.6) is 0 Å². The average Bonchev–Trinajstić information content (AvgIpc) is 2.38. The molecule has 1 aromatic heterocycles. The molecule has 2 rings (SSSR count). The molecule has 2 heterocycles. The first-order valence-corrected chi connectivity index (χ1v) is 4.91. The molecule has 0 spiro atoms. The number of rotatable bonds is 0. The van der Waals surface area contributed by atoms with Gasteiger partial charge in [-0.3, -0.25) is 0 Å². The Morgan fingerprint density at radius 1 is 1.50 bits per heavy atom. The molecule has 0 aliphatic carbocycles. The lowest BCUT2D eigenvalue weighted by Gasteiger charge is -2.36. The minimum atomic E-state index is -0.431. The summed E-state index contributed by atoms with van der Waals surface area (Å²) in [6.45, 7) is 6.25. The van der Waals surface area contributed by atoms with Gasteiger partial charge in [0.2, 0.25) is 0 Å². The van der Waals surface area contributed by atoms with Crippen molar-refractivity contribution in [2.75, 3.05) is 4.90 Å². The normalized spacial score (nSPS) is 21.1. The Kier molecular flexibility index (Phi) is 2.00. The van der Waals surface area contributed by atoms with Gasteiger partial charge < -0.3 is 10.0 Å². The van der Waals surface area contributed by atoms with Crippen LogP contribution in [-0.2, 0) is 6.42 Å². The van der Waals surface area contributed by atoms with E-state index in [1.807, 2.05) is 17.0 Å². The number of aromatic nitrogens is 1. The summed E-state index contributed by atoms with van der Waals surface area (Å²) in [5, 5.41) is 9.93. The molecule has 0 bridgehead atoms. The van der Waals surface area contributed by atoms with E-state index in [0.29, 0.717) is 6.42 Å². The quantitative estimate of drug-likeness (QED) is 0.677. The van der Waals surface area contributed by atoms with Gasteiger partial charge in [0.15, 0.2) is 0 Å². The van der Waals surface area contributed by atoms with E-state index in [4.69, 9.17) is 0 Å². The van der Waals surface area contributed by atoms with Crippen LogP contribution in [0.1, 0.15) is 26.3 Å². The maximum absolute atomic E-state index is 9.93. The van der Waals surface area contributed by atoms with E-state index in [-0.39, 0.29) is 5.54 Å². The van der Waals surface area contributed by atoms with Crippen LogP contribution >= 0.6 is 0 Å². The lowest BCUT2D eigenvalue weighted by Crippen LogP contribution is -2.46. The van der Waals surface area contributed by atoms with Crippen molar-refractivity contribution >= 4 is 5.82 Å². The highest BCUT2D eigenvalue weighted by molar-refractivity contribution is 5.54. The largest absolute Gasteiger partial charge is 0.373 e. The fourth-order valence-electron chi connectivity index (χ4n) is 2.00. The molecule has 1 atom stereocenters. The van der Waals surface area contributed by atoms with Crippen LogP contribution in [0.3, 0.4) is 0 Å². The number of aliphatic hydroxyl groups is 1. The molecule has 0 saturated carbocycles. The second-order valence-corrected chi connectivity index (χ2v) is 4.71. The average molecular weight is 192 g/mol. The number of anilines is 1. The van der Waals surface area contributed by atoms with Gasteiger partial charge in [-0.15, -0.1) is 0 Å². The second-order valence-electron chi connectivity index (χ2n) is 4.71. The van der Waals surface area contributed by atoms with Crippen molar-refractivity contribution in [3.63, 3.8) is 0 Å². The van der Waals surface area contributed by atoms with Crippen LogP contribution < -0.4 is 4.90 Å². The third kappa shape index (κ3) is 1.38. The van der Waals surface area contributed by atoms with Gasteiger partial charge in [0.25, 0.3) is 0 Å². The highest BCUT2D eigenvalue weighted by atomic mass is 16.3. The molecule has 0 saturated heterocycles. The molecule has 1 aliphatic heterocycles. The van der Waals surface area contributed by atoms with Crippen molar-refractivity contribution in [3.8, 4) is 0 Å². The predicted molar refractivity (Wildman–Crippen MR) is 56.2 cm³/mol. The molecule has 14 heavy (non-hydrogen) atoms. The maximum Gasteiger partial charge on any atom is 0.134 e. The van der Waals surface area contributed by atoms with Crippen LogP contribution in [0, 0.1) is 0 Å². The molecule has 0 amide bonds. The molecule has 3 heteroatoms. The summed E-state index contributed by atoms with van der Waals surface area (Å²) in [6.07, 6.45) is 2.02. The van der Waals surface area contributed by atoms with Gasteiger partial charge in [-0.05, 0) is 32.4 Å². The monoisotopic (exact) mass is 192 g/mol. The third-order valence-corrected chi connectivity index (χ3v) is 2.52. The van der Waals surface area contributed by atoms with Crippen molar-refractivity contribution in [1.82, 2.24) is 4.98 Å². The molecule has 1 unspecified atom stereocenters. The topological polar surface area (TPSA) is 36.4 Å². The van der Waals surface area contributed by atoms with E-state index in [2.05, 4.69) is 25.8 Å². The van der Waals surface area contributed by atoms with Crippen LogP contribution in [0.4, 0.5) is 5.82 Å². The van der Waals surface area contributed by atoms with E-state index in [1.54, 1.807) is 6.20 Å². The molecule has 0 radical (unpaired) electrons. The number of hydrogen-bond donors (Lipinski definition) is 1. The molecular weight excluding hydrogens is 176 g/mol. The highest BCUT2D eigenvalue weighted by Crippen LogP contribution is 2.34. The minimum absolute atomic E-state index is 0.0843. The molecule has 3 nitrogen and oxygen atoms in total. The van der Waals surface area contributed by atoms with E-state index >= 15 is 0 Å². The predicted octanol–water partition coefficient (Wildman–Crippen LogP) is 1.56. The third-order valence-electron chi connectivity index (χ3n) is 2.52. The summed E-state index contributed by atoms with van der Waals surface area (Å²) in [5.74, 6) is 0.924. The molecule has 1 aliphatic rings. The summed E-state index contributed by atoms with van der Waals surface area (Å²) in [5.41, 5.74) is 1.05. The summed E-state index contributed by atoms with van der Waals surface area (Å²) in [4.78, 5) is 6.30. The van der Waals surface area contributed by atoms with Crippen LogP contribution in [-0.4, -0.2) is 21.9 Å². The molecule has 1 aromatic rings. The van der Waals surface area contributed by atoms with Crippen molar-refractivity contribution in [1.29, 1.82) is 0 Å². The van der Waals surface area contributed by atoms with E-state index < -0.39 is 6.23 Å². The smallest absolute Gasteiger partial charge is 0.134 e. The molecule has 0 aromatic carbocycles. The number of pyridine rings is 1. The van der Waals surface area contributed by atoms with E-state index in [0.717, 1.165) is 11.4 Å².